The number of hydrogen-bond donors (Lipinski definition) is 0. The fourth-order valence-electron chi connectivity index (χ4n) is 4.25. The third-order valence-corrected chi connectivity index (χ3v) is 5.68. The number of nitrogens with zero attached hydrogens (tertiary/aromatic N) is 2. The number of benzene rings is 2. The largest absolute Gasteiger partial charge is 0.459 e. The van der Waals surface area contributed by atoms with Crippen LogP contribution in [0.15, 0.2) is 71.3 Å². The maximum atomic E-state index is 13.6. The molecule has 0 bridgehead atoms. The zero-order chi connectivity index (χ0) is 19.1. The number of para-hydroxylation sites is 1. The molecule has 0 fully saturated rings. The summed E-state index contributed by atoms with van der Waals surface area (Å²) in [7, 11) is 0. The summed E-state index contributed by atoms with van der Waals surface area (Å²) in [6.07, 6.45) is 2.84. The van der Waals surface area contributed by atoms with E-state index in [4.69, 9.17) is 4.42 Å². The Morgan fingerprint density at radius 2 is 1.64 bits per heavy atom. The standard InChI is InChI=1S/C23H20N2O3/c26-22(24-12-11-16-6-3-4-9-19(16)24)20-14-17-7-1-2-8-18(17)15-25(20)23(27)21-10-5-13-28-21/h1-10,13,20H,11-12,14-15H2/t20-/m0/s1. The van der Waals surface area contributed by atoms with Crippen molar-refractivity contribution in [1.29, 1.82) is 0 Å². The van der Waals surface area contributed by atoms with E-state index in [1.165, 1.54) is 11.8 Å². The Bertz CT molecular complexity index is 1040. The van der Waals surface area contributed by atoms with Gasteiger partial charge in [0.2, 0.25) is 5.91 Å². The maximum absolute atomic E-state index is 13.6. The van der Waals surface area contributed by atoms with E-state index in [1.807, 2.05) is 47.4 Å². The van der Waals surface area contributed by atoms with Crippen LogP contribution in [-0.4, -0.2) is 29.3 Å². The average molecular weight is 372 g/mol. The lowest BCUT2D eigenvalue weighted by Crippen LogP contribution is -2.53. The fourth-order valence-corrected chi connectivity index (χ4v) is 4.25. The molecule has 1 aromatic heterocycles. The molecule has 140 valence electrons. The van der Waals surface area contributed by atoms with E-state index in [0.717, 1.165) is 23.2 Å². The van der Waals surface area contributed by atoms with Crippen LogP contribution in [0.1, 0.15) is 27.2 Å². The van der Waals surface area contributed by atoms with Crippen LogP contribution in [0.5, 0.6) is 0 Å². The van der Waals surface area contributed by atoms with Gasteiger partial charge in [-0.2, -0.15) is 0 Å². The van der Waals surface area contributed by atoms with E-state index >= 15 is 0 Å². The molecule has 2 aliphatic heterocycles. The van der Waals surface area contributed by atoms with Crippen LogP contribution in [-0.2, 0) is 24.2 Å². The van der Waals surface area contributed by atoms with Gasteiger partial charge in [-0.05, 0) is 41.3 Å². The Kier molecular flexibility index (Phi) is 4.01. The lowest BCUT2D eigenvalue weighted by molar-refractivity contribution is -0.123. The van der Waals surface area contributed by atoms with Crippen LogP contribution in [0.3, 0.4) is 0 Å². The molecule has 5 nitrogen and oxygen atoms in total. The Morgan fingerprint density at radius 1 is 0.893 bits per heavy atom. The number of carbonyl (C=O) groups is 2. The van der Waals surface area contributed by atoms with Gasteiger partial charge in [0.05, 0.1) is 6.26 Å². The highest BCUT2D eigenvalue weighted by Crippen LogP contribution is 2.32. The van der Waals surface area contributed by atoms with Crippen molar-refractivity contribution in [3.8, 4) is 0 Å². The van der Waals surface area contributed by atoms with Crippen molar-refractivity contribution in [2.75, 3.05) is 11.4 Å². The summed E-state index contributed by atoms with van der Waals surface area (Å²) in [5.74, 6) is -0.0105. The molecule has 0 unspecified atom stereocenters. The average Bonchev–Trinajstić information content (AvgIpc) is 3.42. The molecule has 5 heteroatoms. The van der Waals surface area contributed by atoms with Crippen LogP contribution in [0, 0.1) is 0 Å². The predicted molar refractivity (Wildman–Crippen MR) is 105 cm³/mol. The van der Waals surface area contributed by atoms with Crippen molar-refractivity contribution >= 4 is 17.5 Å². The number of anilines is 1. The Morgan fingerprint density at radius 3 is 2.43 bits per heavy atom. The van der Waals surface area contributed by atoms with Crippen LogP contribution in [0.4, 0.5) is 5.69 Å². The first-order valence-corrected chi connectivity index (χ1v) is 9.53. The van der Waals surface area contributed by atoms with E-state index in [9.17, 15) is 9.59 Å². The monoisotopic (exact) mass is 372 g/mol. The molecule has 5 rings (SSSR count). The SMILES string of the molecule is O=C([C@@H]1Cc2ccccc2CN1C(=O)c1ccco1)N1CCc2ccccc21. The predicted octanol–water partition coefficient (Wildman–Crippen LogP) is 3.44. The van der Waals surface area contributed by atoms with Gasteiger partial charge in [0.1, 0.15) is 6.04 Å². The molecule has 0 aliphatic carbocycles. The van der Waals surface area contributed by atoms with Gasteiger partial charge in [-0.3, -0.25) is 9.59 Å². The van der Waals surface area contributed by atoms with Gasteiger partial charge in [-0.25, -0.2) is 0 Å². The number of rotatable bonds is 2. The number of furan rings is 1. The second-order valence-electron chi connectivity index (χ2n) is 7.27. The molecule has 28 heavy (non-hydrogen) atoms. The highest BCUT2D eigenvalue weighted by Gasteiger charge is 2.39. The molecule has 1 atom stereocenters. The molecule has 2 amide bonds. The van der Waals surface area contributed by atoms with Crippen molar-refractivity contribution in [2.24, 2.45) is 0 Å². The van der Waals surface area contributed by atoms with Crippen LogP contribution >= 0.6 is 0 Å². The number of hydrogen-bond acceptors (Lipinski definition) is 3. The van der Waals surface area contributed by atoms with Crippen molar-refractivity contribution in [3.05, 3.63) is 89.4 Å². The zero-order valence-corrected chi connectivity index (χ0v) is 15.4. The van der Waals surface area contributed by atoms with Crippen LogP contribution in [0.2, 0.25) is 0 Å². The van der Waals surface area contributed by atoms with Crippen molar-refractivity contribution in [1.82, 2.24) is 4.90 Å². The van der Waals surface area contributed by atoms with Gasteiger partial charge < -0.3 is 14.2 Å². The smallest absolute Gasteiger partial charge is 0.290 e. The maximum Gasteiger partial charge on any atom is 0.290 e. The molecule has 0 radical (unpaired) electrons. The Hall–Kier alpha value is -3.34. The highest BCUT2D eigenvalue weighted by molar-refractivity contribution is 6.03. The molecule has 2 aliphatic rings. The summed E-state index contributed by atoms with van der Waals surface area (Å²) in [6.45, 7) is 1.06. The van der Waals surface area contributed by atoms with Gasteiger partial charge >= 0.3 is 0 Å². The minimum atomic E-state index is -0.543. The zero-order valence-electron chi connectivity index (χ0n) is 15.4. The van der Waals surface area contributed by atoms with Gasteiger partial charge in [-0.1, -0.05) is 42.5 Å². The first kappa shape index (κ1) is 16.8. The first-order valence-electron chi connectivity index (χ1n) is 9.53. The summed E-state index contributed by atoms with van der Waals surface area (Å²) in [5, 5.41) is 0. The molecule has 0 N–H and O–H groups in total. The summed E-state index contributed by atoms with van der Waals surface area (Å²) >= 11 is 0. The van der Waals surface area contributed by atoms with Crippen molar-refractivity contribution < 1.29 is 14.0 Å². The van der Waals surface area contributed by atoms with Gasteiger partial charge in [-0.15, -0.1) is 0 Å². The van der Waals surface area contributed by atoms with Crippen LogP contribution in [0.25, 0.3) is 0 Å². The lowest BCUT2D eigenvalue weighted by Gasteiger charge is -2.37. The molecule has 3 aromatic rings. The fraction of sp³-hybridized carbons (Fsp3) is 0.217. The number of fused-ring (bicyclic) bond motifs is 2. The molecule has 0 saturated carbocycles. The van der Waals surface area contributed by atoms with E-state index in [-0.39, 0.29) is 17.6 Å². The quantitative estimate of drug-likeness (QED) is 0.692. The summed E-state index contributed by atoms with van der Waals surface area (Å²) in [4.78, 5) is 30.2. The first-order chi connectivity index (χ1) is 13.7. The highest BCUT2D eigenvalue weighted by atomic mass is 16.3. The van der Waals surface area contributed by atoms with E-state index in [1.54, 1.807) is 17.0 Å². The molecule has 0 spiro atoms. The molecule has 3 heterocycles. The van der Waals surface area contributed by atoms with E-state index in [0.29, 0.717) is 19.5 Å². The lowest BCUT2D eigenvalue weighted by atomic mass is 9.93. The minimum absolute atomic E-state index is 0.0284. The summed E-state index contributed by atoms with van der Waals surface area (Å²) in [5.41, 5.74) is 4.33. The summed E-state index contributed by atoms with van der Waals surface area (Å²) < 4.78 is 5.33. The number of amides is 2. The second-order valence-corrected chi connectivity index (χ2v) is 7.27. The molecule has 2 aromatic carbocycles. The molecular weight excluding hydrogens is 352 g/mol. The molecule has 0 saturated heterocycles. The minimum Gasteiger partial charge on any atom is -0.459 e. The van der Waals surface area contributed by atoms with Gasteiger partial charge in [0.15, 0.2) is 5.76 Å². The number of carbonyl (C=O) groups excluding carboxylic acids is 2. The van der Waals surface area contributed by atoms with Crippen LogP contribution < -0.4 is 4.90 Å². The van der Waals surface area contributed by atoms with E-state index < -0.39 is 6.04 Å². The van der Waals surface area contributed by atoms with E-state index in [2.05, 4.69) is 6.07 Å². The summed E-state index contributed by atoms with van der Waals surface area (Å²) in [6, 6.07) is 18.8. The van der Waals surface area contributed by atoms with Crippen molar-refractivity contribution in [2.45, 2.75) is 25.4 Å². The Balaban J connectivity index is 1.52. The second kappa shape index (κ2) is 6.68. The normalized spacial score (nSPS) is 17.9. The molecular formula is C23H20N2O3. The third-order valence-electron chi connectivity index (χ3n) is 5.68. The van der Waals surface area contributed by atoms with Crippen molar-refractivity contribution in [3.63, 3.8) is 0 Å². The van der Waals surface area contributed by atoms with Gasteiger partial charge in [0, 0.05) is 25.2 Å². The van der Waals surface area contributed by atoms with Gasteiger partial charge in [0.25, 0.3) is 5.91 Å². The topological polar surface area (TPSA) is 53.8 Å². The Labute approximate surface area is 163 Å². The third kappa shape index (κ3) is 2.71.